The summed E-state index contributed by atoms with van der Waals surface area (Å²) in [6.07, 6.45) is 0. The number of benzene rings is 2. The summed E-state index contributed by atoms with van der Waals surface area (Å²) in [6.45, 7) is 7.70. The van der Waals surface area contributed by atoms with E-state index in [1.54, 1.807) is 35.2 Å². The molecule has 1 aliphatic rings. The smallest absolute Gasteiger partial charge is 0.248 e. The molecule has 27 heavy (non-hydrogen) atoms. The van der Waals surface area contributed by atoms with E-state index in [0.717, 1.165) is 25.3 Å². The molecule has 0 bridgehead atoms. The first-order chi connectivity index (χ1) is 13.0. The summed E-state index contributed by atoms with van der Waals surface area (Å²) in [5.41, 5.74) is 2.27. The van der Waals surface area contributed by atoms with Crippen molar-refractivity contribution in [3.05, 3.63) is 64.4 Å². The highest BCUT2D eigenvalue weighted by Gasteiger charge is 2.27. The van der Waals surface area contributed by atoms with Gasteiger partial charge in [-0.25, -0.2) is 4.39 Å². The lowest BCUT2D eigenvalue weighted by Gasteiger charge is -2.25. The summed E-state index contributed by atoms with van der Waals surface area (Å²) in [7, 11) is 0. The molecule has 0 radical (unpaired) electrons. The summed E-state index contributed by atoms with van der Waals surface area (Å²) in [5.74, 6) is -0.452. The van der Waals surface area contributed by atoms with Crippen LogP contribution in [-0.4, -0.2) is 44.3 Å². The van der Waals surface area contributed by atoms with Crippen molar-refractivity contribution in [3.8, 4) is 0 Å². The lowest BCUT2D eigenvalue weighted by atomic mass is 9.99. The van der Waals surface area contributed by atoms with Crippen LogP contribution in [0.3, 0.4) is 0 Å². The maximum atomic E-state index is 14.4. The number of fused-ring (bicyclic) bond motifs is 1. The van der Waals surface area contributed by atoms with E-state index < -0.39 is 0 Å². The van der Waals surface area contributed by atoms with Crippen LogP contribution in [0, 0.1) is 5.82 Å². The largest absolute Gasteiger partial charge is 0.334 e. The van der Waals surface area contributed by atoms with Crippen LogP contribution in [0.4, 0.5) is 10.1 Å². The number of nitrogens with one attached hydrogen (secondary N) is 1. The van der Waals surface area contributed by atoms with Crippen molar-refractivity contribution in [2.75, 3.05) is 37.6 Å². The van der Waals surface area contributed by atoms with Gasteiger partial charge in [0.2, 0.25) is 5.91 Å². The Kier molecular flexibility index (Phi) is 6.24. The quantitative estimate of drug-likeness (QED) is 0.811. The van der Waals surface area contributed by atoms with E-state index in [1.165, 1.54) is 11.0 Å². The molecule has 0 atom stereocenters. The molecule has 0 saturated heterocycles. The van der Waals surface area contributed by atoms with E-state index in [2.05, 4.69) is 18.8 Å². The number of benzodiazepines with no additional fused rings is 1. The van der Waals surface area contributed by atoms with Gasteiger partial charge in [0, 0.05) is 16.1 Å². The average Bonchev–Trinajstić information content (AvgIpc) is 2.80. The fraction of sp³-hybridized carbons (Fsp3) is 0.333. The third kappa shape index (κ3) is 4.20. The van der Waals surface area contributed by atoms with E-state index in [1.807, 2.05) is 6.07 Å². The van der Waals surface area contributed by atoms with Gasteiger partial charge in [-0.15, -0.1) is 0 Å². The highest BCUT2D eigenvalue weighted by molar-refractivity contribution is 6.32. The molecule has 1 amide bonds. The normalized spacial score (nSPS) is 14.2. The zero-order valence-electron chi connectivity index (χ0n) is 15.6. The summed E-state index contributed by atoms with van der Waals surface area (Å²) in [5, 5.41) is 0.529. The maximum absolute atomic E-state index is 14.4. The predicted molar refractivity (Wildman–Crippen MR) is 108 cm³/mol. The maximum Gasteiger partial charge on any atom is 0.248 e. The molecule has 142 valence electrons. The fourth-order valence-corrected chi connectivity index (χ4v) is 3.56. The van der Waals surface area contributed by atoms with E-state index in [-0.39, 0.29) is 18.3 Å². The van der Waals surface area contributed by atoms with Crippen LogP contribution in [0.15, 0.2) is 47.5 Å². The summed E-state index contributed by atoms with van der Waals surface area (Å²) in [4.78, 5) is 20.4. The van der Waals surface area contributed by atoms with E-state index in [9.17, 15) is 9.18 Å². The van der Waals surface area contributed by atoms with Gasteiger partial charge in [-0.3, -0.25) is 9.79 Å². The van der Waals surface area contributed by atoms with Crippen molar-refractivity contribution in [2.45, 2.75) is 13.8 Å². The predicted octanol–water partition coefficient (Wildman–Crippen LogP) is 2.59. The molecule has 0 saturated carbocycles. The number of aliphatic imine (C=N–C) groups is 1. The SMILES string of the molecule is CC[NH+](CC)CCN1C(=O)CN=C(c2ccccc2F)c2cc(Cl)ccc21. The Morgan fingerprint density at radius 3 is 2.59 bits per heavy atom. The van der Waals surface area contributed by atoms with E-state index in [0.29, 0.717) is 28.4 Å². The van der Waals surface area contributed by atoms with Gasteiger partial charge in [0.25, 0.3) is 0 Å². The second-order valence-electron chi connectivity index (χ2n) is 6.56. The highest BCUT2D eigenvalue weighted by atomic mass is 35.5. The number of amides is 1. The number of halogens is 2. The molecule has 2 aromatic carbocycles. The standard InChI is InChI=1S/C21H23ClFN3O/c1-3-25(4-2)11-12-26-19-10-9-15(22)13-17(19)21(24-14-20(26)27)16-7-5-6-8-18(16)23/h5-10,13H,3-4,11-12,14H2,1-2H3/p+1. The number of carbonyl (C=O) groups excluding carboxylic acids is 1. The Bertz CT molecular complexity index is 864. The molecular weight excluding hydrogens is 365 g/mol. The van der Waals surface area contributed by atoms with Gasteiger partial charge >= 0.3 is 0 Å². The topological polar surface area (TPSA) is 37.1 Å². The Morgan fingerprint density at radius 1 is 1.15 bits per heavy atom. The lowest BCUT2D eigenvalue weighted by molar-refractivity contribution is -0.894. The molecular formula is C21H24ClFN3O+. The van der Waals surface area contributed by atoms with Crippen molar-refractivity contribution in [2.24, 2.45) is 4.99 Å². The van der Waals surface area contributed by atoms with Crippen LogP contribution < -0.4 is 9.80 Å². The van der Waals surface area contributed by atoms with Crippen molar-refractivity contribution in [1.29, 1.82) is 0 Å². The van der Waals surface area contributed by atoms with Crippen LogP contribution in [0.25, 0.3) is 0 Å². The summed E-state index contributed by atoms with van der Waals surface area (Å²) >= 11 is 6.22. The molecule has 0 aliphatic carbocycles. The van der Waals surface area contributed by atoms with E-state index >= 15 is 0 Å². The van der Waals surface area contributed by atoms with E-state index in [4.69, 9.17) is 11.6 Å². The molecule has 2 aromatic rings. The zero-order valence-corrected chi connectivity index (χ0v) is 16.4. The number of rotatable bonds is 6. The van der Waals surface area contributed by atoms with Gasteiger partial charge in [-0.2, -0.15) is 0 Å². The summed E-state index contributed by atoms with van der Waals surface area (Å²) in [6, 6.07) is 11.8. The minimum Gasteiger partial charge on any atom is -0.334 e. The molecule has 0 fully saturated rings. The Hall–Kier alpha value is -2.24. The molecule has 3 rings (SSSR count). The minimum atomic E-state index is -0.365. The third-order valence-corrected chi connectivity index (χ3v) is 5.23. The number of likely N-dealkylation sites (N-methyl/N-ethyl adjacent to an activating group) is 1. The fourth-order valence-electron chi connectivity index (χ4n) is 3.39. The Morgan fingerprint density at radius 2 is 1.89 bits per heavy atom. The van der Waals surface area contributed by atoms with Crippen molar-refractivity contribution in [3.63, 3.8) is 0 Å². The van der Waals surface area contributed by atoms with Gasteiger partial charge < -0.3 is 9.80 Å². The molecule has 4 nitrogen and oxygen atoms in total. The van der Waals surface area contributed by atoms with Gasteiger partial charge in [0.15, 0.2) is 0 Å². The van der Waals surface area contributed by atoms with Crippen LogP contribution in [0.1, 0.15) is 25.0 Å². The number of anilines is 1. The molecule has 0 unspecified atom stereocenters. The second-order valence-corrected chi connectivity index (χ2v) is 7.00. The number of hydrogen-bond donors (Lipinski definition) is 1. The number of quaternary nitrogens is 1. The highest BCUT2D eigenvalue weighted by Crippen LogP contribution is 2.30. The van der Waals surface area contributed by atoms with Crippen LogP contribution in [0.2, 0.25) is 5.02 Å². The van der Waals surface area contributed by atoms with Gasteiger partial charge in [-0.1, -0.05) is 23.7 Å². The molecule has 1 N–H and O–H groups in total. The number of carbonyl (C=O) groups is 1. The number of nitrogens with zero attached hydrogens (tertiary/aromatic N) is 2. The Labute approximate surface area is 164 Å². The van der Waals surface area contributed by atoms with Crippen molar-refractivity contribution < 1.29 is 14.1 Å². The first kappa shape index (κ1) is 19.5. The molecule has 0 aromatic heterocycles. The first-order valence-corrected chi connectivity index (χ1v) is 9.66. The van der Waals surface area contributed by atoms with Crippen molar-refractivity contribution >= 4 is 28.9 Å². The van der Waals surface area contributed by atoms with Crippen molar-refractivity contribution in [1.82, 2.24) is 0 Å². The third-order valence-electron chi connectivity index (χ3n) is 5.00. The molecule has 0 spiro atoms. The molecule has 1 aliphatic heterocycles. The Balaban J connectivity index is 2.04. The zero-order chi connectivity index (χ0) is 19.4. The minimum absolute atomic E-state index is 0.0104. The monoisotopic (exact) mass is 388 g/mol. The second kappa shape index (κ2) is 8.63. The lowest BCUT2D eigenvalue weighted by Crippen LogP contribution is -3.12. The van der Waals surface area contributed by atoms with Crippen LogP contribution in [0.5, 0.6) is 0 Å². The van der Waals surface area contributed by atoms with Gasteiger partial charge in [0.05, 0.1) is 37.6 Å². The number of hydrogen-bond acceptors (Lipinski definition) is 2. The van der Waals surface area contributed by atoms with Gasteiger partial charge in [-0.05, 0) is 44.2 Å². The molecule has 6 heteroatoms. The van der Waals surface area contributed by atoms with Crippen LogP contribution in [-0.2, 0) is 4.79 Å². The average molecular weight is 389 g/mol. The first-order valence-electron chi connectivity index (χ1n) is 9.28. The summed E-state index contributed by atoms with van der Waals surface area (Å²) < 4.78 is 14.4. The molecule has 1 heterocycles. The van der Waals surface area contributed by atoms with Gasteiger partial charge in [0.1, 0.15) is 12.4 Å². The van der Waals surface area contributed by atoms with Crippen LogP contribution >= 0.6 is 11.6 Å².